The summed E-state index contributed by atoms with van der Waals surface area (Å²) in [7, 11) is 1.91. The van der Waals surface area contributed by atoms with Crippen LogP contribution < -0.4 is 5.32 Å². The molecular weight excluding hydrogens is 375 g/mol. The number of fused-ring (bicyclic) bond motifs is 1. The van der Waals surface area contributed by atoms with Gasteiger partial charge in [0.1, 0.15) is 5.82 Å². The summed E-state index contributed by atoms with van der Waals surface area (Å²) in [5.41, 5.74) is 2.15. The van der Waals surface area contributed by atoms with Crippen LogP contribution in [0, 0.1) is 5.82 Å². The third-order valence-corrected chi connectivity index (χ3v) is 5.78. The lowest BCUT2D eigenvalue weighted by molar-refractivity contribution is -0.131. The maximum Gasteiger partial charge on any atom is 0.224 e. The van der Waals surface area contributed by atoms with Crippen molar-refractivity contribution in [3.63, 3.8) is 0 Å². The third kappa shape index (κ3) is 5.32. The summed E-state index contributed by atoms with van der Waals surface area (Å²) in [5, 5.41) is 5.34. The van der Waals surface area contributed by atoms with Gasteiger partial charge in [-0.25, -0.2) is 4.39 Å². The molecule has 150 valence electrons. The van der Waals surface area contributed by atoms with Crippen LogP contribution in [0.15, 0.2) is 40.7 Å². The number of hydrogen-bond acceptors (Lipinski definition) is 3. The Labute approximate surface area is 169 Å². The van der Waals surface area contributed by atoms with Gasteiger partial charge in [0.05, 0.1) is 6.54 Å². The van der Waals surface area contributed by atoms with Crippen LogP contribution in [0.25, 0.3) is 0 Å². The second-order valence-electron chi connectivity index (χ2n) is 6.91. The smallest absolute Gasteiger partial charge is 0.224 e. The summed E-state index contributed by atoms with van der Waals surface area (Å²) in [6.07, 6.45) is 1.34. The molecule has 2 aromatic rings. The van der Waals surface area contributed by atoms with E-state index in [2.05, 4.69) is 21.8 Å². The minimum Gasteiger partial charge on any atom is -0.357 e. The maximum atomic E-state index is 13.4. The fourth-order valence-corrected chi connectivity index (χ4v) is 4.22. The van der Waals surface area contributed by atoms with Gasteiger partial charge in [0.15, 0.2) is 5.96 Å². The molecule has 0 saturated carbocycles. The number of thiophene rings is 1. The van der Waals surface area contributed by atoms with Crippen LogP contribution in [0.3, 0.4) is 0 Å². The van der Waals surface area contributed by atoms with E-state index in [9.17, 15) is 9.18 Å². The number of guanidine groups is 1. The van der Waals surface area contributed by atoms with Gasteiger partial charge in [-0.3, -0.25) is 9.79 Å². The summed E-state index contributed by atoms with van der Waals surface area (Å²) in [6.45, 7) is 5.21. The largest absolute Gasteiger partial charge is 0.357 e. The first-order valence-corrected chi connectivity index (χ1v) is 10.5. The first kappa shape index (κ1) is 20.3. The van der Waals surface area contributed by atoms with Crippen molar-refractivity contribution in [2.45, 2.75) is 32.9 Å². The van der Waals surface area contributed by atoms with E-state index in [4.69, 9.17) is 0 Å². The minimum absolute atomic E-state index is 0.143. The summed E-state index contributed by atoms with van der Waals surface area (Å²) < 4.78 is 13.4. The summed E-state index contributed by atoms with van der Waals surface area (Å²) >= 11 is 1.77. The molecule has 1 amide bonds. The lowest BCUT2D eigenvalue weighted by atomic mass is 10.1. The number of nitrogens with zero attached hydrogens (tertiary/aromatic N) is 3. The highest BCUT2D eigenvalue weighted by Crippen LogP contribution is 2.24. The Kier molecular flexibility index (Phi) is 7.03. The van der Waals surface area contributed by atoms with Gasteiger partial charge in [-0.15, -0.1) is 11.3 Å². The standard InChI is InChI=1S/C21H27FN4OS/c1-3-23-21(25(2)14-16-5-4-6-18(22)13-16)24-10-7-20(27)26-11-8-19-17(15-26)9-12-28-19/h4-6,9,12-13H,3,7-8,10-11,14-15H2,1-2H3,(H,23,24). The zero-order valence-electron chi connectivity index (χ0n) is 16.4. The molecule has 2 heterocycles. The molecule has 0 bridgehead atoms. The number of halogens is 1. The molecule has 1 aliphatic heterocycles. The number of nitrogens with one attached hydrogen (secondary N) is 1. The lowest BCUT2D eigenvalue weighted by Crippen LogP contribution is -2.39. The highest BCUT2D eigenvalue weighted by Gasteiger charge is 2.21. The molecule has 1 aromatic heterocycles. The highest BCUT2D eigenvalue weighted by molar-refractivity contribution is 7.10. The summed E-state index contributed by atoms with van der Waals surface area (Å²) in [4.78, 5) is 22.4. The number of carbonyl (C=O) groups is 1. The van der Waals surface area contributed by atoms with Gasteiger partial charge in [-0.2, -0.15) is 0 Å². The molecule has 0 radical (unpaired) electrons. The van der Waals surface area contributed by atoms with Gasteiger partial charge in [0.25, 0.3) is 0 Å². The Balaban J connectivity index is 1.54. The molecule has 0 spiro atoms. The van der Waals surface area contributed by atoms with E-state index >= 15 is 0 Å². The quantitative estimate of drug-likeness (QED) is 0.596. The van der Waals surface area contributed by atoms with Gasteiger partial charge in [-0.1, -0.05) is 12.1 Å². The highest BCUT2D eigenvalue weighted by atomic mass is 32.1. The molecule has 3 rings (SSSR count). The van der Waals surface area contributed by atoms with E-state index in [1.165, 1.54) is 22.6 Å². The zero-order chi connectivity index (χ0) is 19.9. The third-order valence-electron chi connectivity index (χ3n) is 4.75. The van der Waals surface area contributed by atoms with Crippen LogP contribution >= 0.6 is 11.3 Å². The first-order chi connectivity index (χ1) is 13.6. The first-order valence-electron chi connectivity index (χ1n) is 9.63. The van der Waals surface area contributed by atoms with E-state index in [0.29, 0.717) is 26.1 Å². The molecular formula is C21H27FN4OS. The topological polar surface area (TPSA) is 47.9 Å². The van der Waals surface area contributed by atoms with Gasteiger partial charge in [-0.05, 0) is 48.1 Å². The van der Waals surface area contributed by atoms with Crippen LogP contribution in [0.4, 0.5) is 4.39 Å². The minimum atomic E-state index is -0.242. The monoisotopic (exact) mass is 402 g/mol. The Morgan fingerprint density at radius 1 is 1.39 bits per heavy atom. The number of rotatable bonds is 6. The van der Waals surface area contributed by atoms with Crippen LogP contribution in [-0.4, -0.2) is 48.3 Å². The Morgan fingerprint density at radius 2 is 2.25 bits per heavy atom. The van der Waals surface area contributed by atoms with Crippen molar-refractivity contribution in [2.24, 2.45) is 4.99 Å². The maximum absolute atomic E-state index is 13.4. The van der Waals surface area contributed by atoms with Crippen LogP contribution in [0.5, 0.6) is 0 Å². The van der Waals surface area contributed by atoms with Crippen LogP contribution in [0.2, 0.25) is 0 Å². The number of carbonyl (C=O) groups excluding carboxylic acids is 1. The normalized spacial score (nSPS) is 14.0. The lowest BCUT2D eigenvalue weighted by Gasteiger charge is -2.27. The molecule has 1 aromatic carbocycles. The van der Waals surface area contributed by atoms with E-state index in [1.54, 1.807) is 17.4 Å². The molecule has 0 saturated heterocycles. The zero-order valence-corrected chi connectivity index (χ0v) is 17.3. The number of aliphatic imine (C=N–C) groups is 1. The number of amides is 1. The van der Waals surface area contributed by atoms with E-state index < -0.39 is 0 Å². The van der Waals surface area contributed by atoms with Gasteiger partial charge >= 0.3 is 0 Å². The van der Waals surface area contributed by atoms with Crippen molar-refractivity contribution in [3.05, 3.63) is 57.5 Å². The fourth-order valence-electron chi connectivity index (χ4n) is 3.33. The van der Waals surface area contributed by atoms with Crippen LogP contribution in [0.1, 0.15) is 29.3 Å². The molecule has 0 unspecified atom stereocenters. The summed E-state index contributed by atoms with van der Waals surface area (Å²) in [5.74, 6) is 0.622. The second-order valence-corrected chi connectivity index (χ2v) is 7.91. The summed E-state index contributed by atoms with van der Waals surface area (Å²) in [6, 6.07) is 8.68. The average molecular weight is 403 g/mol. The van der Waals surface area contributed by atoms with Crippen molar-refractivity contribution < 1.29 is 9.18 Å². The molecule has 5 nitrogen and oxygen atoms in total. The van der Waals surface area contributed by atoms with Gasteiger partial charge in [0.2, 0.25) is 5.91 Å². The molecule has 0 aliphatic carbocycles. The molecule has 1 N–H and O–H groups in total. The molecule has 7 heteroatoms. The van der Waals surface area contributed by atoms with Crippen molar-refractivity contribution in [2.75, 3.05) is 26.7 Å². The van der Waals surface area contributed by atoms with Gasteiger partial charge < -0.3 is 15.1 Å². The Morgan fingerprint density at radius 3 is 3.04 bits per heavy atom. The number of benzene rings is 1. The molecule has 0 fully saturated rings. The van der Waals surface area contributed by atoms with E-state index in [1.807, 2.05) is 29.8 Å². The Hall–Kier alpha value is -2.41. The van der Waals surface area contributed by atoms with Crippen molar-refractivity contribution >= 4 is 23.2 Å². The SMILES string of the molecule is CCNC(=NCCC(=O)N1CCc2sccc2C1)N(C)Cc1cccc(F)c1. The van der Waals surface area contributed by atoms with Crippen LogP contribution in [-0.2, 0) is 24.3 Å². The molecule has 1 aliphatic rings. The van der Waals surface area contributed by atoms with E-state index in [0.717, 1.165) is 31.0 Å². The van der Waals surface area contributed by atoms with E-state index in [-0.39, 0.29) is 11.7 Å². The number of hydrogen-bond donors (Lipinski definition) is 1. The predicted octanol–water partition coefficient (Wildman–Crippen LogP) is 3.26. The average Bonchev–Trinajstić information content (AvgIpc) is 3.15. The van der Waals surface area contributed by atoms with Gasteiger partial charge in [0, 0.05) is 44.5 Å². The van der Waals surface area contributed by atoms with Crippen molar-refractivity contribution in [1.82, 2.24) is 15.1 Å². The molecule has 28 heavy (non-hydrogen) atoms. The Bertz CT molecular complexity index is 835. The molecule has 0 atom stereocenters. The predicted molar refractivity (Wildman–Crippen MR) is 112 cm³/mol. The van der Waals surface area contributed by atoms with Crippen molar-refractivity contribution in [1.29, 1.82) is 0 Å². The second kappa shape index (κ2) is 9.68. The van der Waals surface area contributed by atoms with Crippen molar-refractivity contribution in [3.8, 4) is 0 Å². The fraction of sp³-hybridized carbons (Fsp3) is 0.429.